The van der Waals surface area contributed by atoms with Crippen LogP contribution in [0.4, 0.5) is 4.39 Å². The first-order chi connectivity index (χ1) is 20.2. The Morgan fingerprint density at radius 3 is 2.69 bits per heavy atom. The Kier molecular flexibility index (Phi) is 7.52. The predicted molar refractivity (Wildman–Crippen MR) is 158 cm³/mol. The van der Waals surface area contributed by atoms with Crippen LogP contribution in [-0.2, 0) is 16.6 Å². The average molecular weight is 590 g/mol. The monoisotopic (exact) mass is 589 g/mol. The lowest BCUT2D eigenvalue weighted by Gasteiger charge is -2.32. The van der Waals surface area contributed by atoms with Gasteiger partial charge in [-0.25, -0.2) is 21.8 Å². The second-order valence-electron chi connectivity index (χ2n) is 10.7. The molecule has 6 rings (SSSR count). The van der Waals surface area contributed by atoms with Gasteiger partial charge in [-0.3, -0.25) is 10.00 Å². The first-order valence-electron chi connectivity index (χ1n) is 13.7. The van der Waals surface area contributed by atoms with Crippen molar-refractivity contribution >= 4 is 20.9 Å². The van der Waals surface area contributed by atoms with Crippen LogP contribution in [0.15, 0.2) is 71.8 Å². The number of hydrogen-bond donors (Lipinski definition) is 1. The Balaban J connectivity index is 1.22. The maximum atomic E-state index is 14.6. The van der Waals surface area contributed by atoms with Crippen molar-refractivity contribution in [3.05, 3.63) is 83.9 Å². The lowest BCUT2D eigenvalue weighted by Crippen LogP contribution is -2.34. The number of nitrogens with zero attached hydrogens (tertiary/aromatic N) is 6. The van der Waals surface area contributed by atoms with Crippen LogP contribution in [0.3, 0.4) is 0 Å². The predicted octanol–water partition coefficient (Wildman–Crippen LogP) is 4.59. The Morgan fingerprint density at radius 1 is 1.12 bits per heavy atom. The van der Waals surface area contributed by atoms with E-state index in [0.717, 1.165) is 53.8 Å². The molecule has 0 saturated carbocycles. The molecule has 1 aliphatic heterocycles. The Labute approximate surface area is 243 Å². The van der Waals surface area contributed by atoms with Crippen LogP contribution in [-0.4, -0.2) is 77.1 Å². The van der Waals surface area contributed by atoms with Gasteiger partial charge in [-0.1, -0.05) is 23.4 Å². The molecule has 0 spiro atoms. The van der Waals surface area contributed by atoms with Crippen molar-refractivity contribution in [1.29, 1.82) is 0 Å². The maximum absolute atomic E-state index is 14.6. The minimum absolute atomic E-state index is 0.176. The quantitative estimate of drug-likeness (QED) is 0.282. The lowest BCUT2D eigenvalue weighted by molar-refractivity contribution is 0.194. The summed E-state index contributed by atoms with van der Waals surface area (Å²) in [5.74, 6) is 0.480. The SMILES string of the molecule is COc1cccc(F)c1CN1CCC[C@@H](c2cn(-c3ccc4[nH]nc(-c5ccc(S(=O)(=O)N(C)C)cc5)c4c3)nn2)C1. The highest BCUT2D eigenvalue weighted by molar-refractivity contribution is 7.89. The molecule has 0 unspecified atom stereocenters. The molecule has 10 nitrogen and oxygen atoms in total. The van der Waals surface area contributed by atoms with E-state index in [9.17, 15) is 12.8 Å². The standard InChI is InChI=1S/C30H32FN7O3S/c1-36(2)42(39,40)23-12-9-20(10-13-23)30-24-16-22(11-14-27(24)32-34-30)38-19-28(33-35-38)21-6-5-15-37(17-21)18-25-26(31)7-4-8-29(25)41-3/h4,7-14,16,19,21H,5-6,15,17-18H2,1-3H3,(H,32,34)/t21-/m1/s1. The first kappa shape index (κ1) is 28.0. The Hall–Kier alpha value is -4.13. The van der Waals surface area contributed by atoms with Crippen LogP contribution >= 0.6 is 0 Å². The van der Waals surface area contributed by atoms with Gasteiger partial charge in [-0.05, 0) is 61.9 Å². The fourth-order valence-electron chi connectivity index (χ4n) is 5.50. The number of benzene rings is 3. The number of H-pyrrole nitrogens is 1. The van der Waals surface area contributed by atoms with Gasteiger partial charge in [0.25, 0.3) is 0 Å². The zero-order chi connectivity index (χ0) is 29.4. The molecular weight excluding hydrogens is 557 g/mol. The van der Waals surface area contributed by atoms with Crippen molar-refractivity contribution in [2.75, 3.05) is 34.3 Å². The van der Waals surface area contributed by atoms with E-state index in [1.807, 2.05) is 24.4 Å². The van der Waals surface area contributed by atoms with Gasteiger partial charge in [0.1, 0.15) is 11.6 Å². The number of rotatable bonds is 8. The van der Waals surface area contributed by atoms with Gasteiger partial charge in [0, 0.05) is 49.6 Å². The number of fused-ring (bicyclic) bond motifs is 1. The molecule has 218 valence electrons. The molecular formula is C30H32FN7O3S. The minimum atomic E-state index is -3.52. The summed E-state index contributed by atoms with van der Waals surface area (Å²) in [5, 5.41) is 17.4. The topological polar surface area (TPSA) is 109 Å². The van der Waals surface area contributed by atoms with Crippen LogP contribution in [0, 0.1) is 5.82 Å². The normalized spacial score (nSPS) is 16.4. The van der Waals surface area contributed by atoms with Crippen molar-refractivity contribution in [3.8, 4) is 22.7 Å². The summed E-state index contributed by atoms with van der Waals surface area (Å²) in [5.41, 5.74) is 4.66. The van der Waals surface area contributed by atoms with Crippen LogP contribution in [0.5, 0.6) is 5.75 Å². The fraction of sp³-hybridized carbons (Fsp3) is 0.300. The second kappa shape index (κ2) is 11.3. The maximum Gasteiger partial charge on any atom is 0.242 e. The zero-order valence-electron chi connectivity index (χ0n) is 23.7. The largest absolute Gasteiger partial charge is 0.496 e. The third-order valence-corrected chi connectivity index (χ3v) is 9.66. The Morgan fingerprint density at radius 2 is 1.93 bits per heavy atom. The molecule has 3 heterocycles. The summed E-state index contributed by atoms with van der Waals surface area (Å²) in [6, 6.07) is 17.5. The molecule has 1 saturated heterocycles. The van der Waals surface area contributed by atoms with Crippen LogP contribution < -0.4 is 4.74 Å². The van der Waals surface area contributed by atoms with E-state index in [2.05, 4.69) is 25.4 Å². The van der Waals surface area contributed by atoms with Crippen molar-refractivity contribution in [2.24, 2.45) is 0 Å². The van der Waals surface area contributed by atoms with Crippen molar-refractivity contribution in [2.45, 2.75) is 30.2 Å². The molecule has 1 aliphatic rings. The summed E-state index contributed by atoms with van der Waals surface area (Å²) in [6.45, 7) is 2.10. The molecule has 5 aromatic rings. The number of hydrogen-bond acceptors (Lipinski definition) is 7. The molecule has 12 heteroatoms. The van der Waals surface area contributed by atoms with Gasteiger partial charge < -0.3 is 4.74 Å². The van der Waals surface area contributed by atoms with Crippen molar-refractivity contribution in [3.63, 3.8) is 0 Å². The highest BCUT2D eigenvalue weighted by atomic mass is 32.2. The van der Waals surface area contributed by atoms with E-state index in [-0.39, 0.29) is 16.6 Å². The van der Waals surface area contributed by atoms with Crippen LogP contribution in [0.2, 0.25) is 0 Å². The van der Waals surface area contributed by atoms with Gasteiger partial charge in [0.05, 0.1) is 40.8 Å². The number of ether oxygens (including phenoxy) is 1. The number of halogens is 1. The van der Waals surface area contributed by atoms with Crippen molar-refractivity contribution in [1.82, 2.24) is 34.4 Å². The summed E-state index contributed by atoms with van der Waals surface area (Å²) in [7, 11) is 1.06. The van der Waals surface area contributed by atoms with Gasteiger partial charge in [0.2, 0.25) is 10.0 Å². The fourth-order valence-corrected chi connectivity index (χ4v) is 6.40. The molecule has 2 aromatic heterocycles. The smallest absolute Gasteiger partial charge is 0.242 e. The van der Waals surface area contributed by atoms with E-state index in [0.29, 0.717) is 23.6 Å². The number of nitrogens with one attached hydrogen (secondary N) is 1. The third-order valence-electron chi connectivity index (χ3n) is 7.83. The molecule has 1 atom stereocenters. The summed E-state index contributed by atoms with van der Waals surface area (Å²) in [6.07, 6.45) is 3.92. The van der Waals surface area contributed by atoms with Gasteiger partial charge >= 0.3 is 0 Å². The minimum Gasteiger partial charge on any atom is -0.496 e. The number of aromatic nitrogens is 5. The molecule has 42 heavy (non-hydrogen) atoms. The van der Waals surface area contributed by atoms with Gasteiger partial charge in [-0.15, -0.1) is 5.10 Å². The van der Waals surface area contributed by atoms with E-state index in [1.165, 1.54) is 24.5 Å². The molecule has 0 aliphatic carbocycles. The summed E-state index contributed by atoms with van der Waals surface area (Å²) in [4.78, 5) is 2.47. The highest BCUT2D eigenvalue weighted by Gasteiger charge is 2.26. The van der Waals surface area contributed by atoms with Crippen LogP contribution in [0.1, 0.15) is 30.0 Å². The number of likely N-dealkylation sites (tertiary alicyclic amines) is 1. The van der Waals surface area contributed by atoms with Gasteiger partial charge in [0.15, 0.2) is 0 Å². The number of aromatic amines is 1. The van der Waals surface area contributed by atoms with E-state index < -0.39 is 10.0 Å². The second-order valence-corrected chi connectivity index (χ2v) is 12.8. The lowest BCUT2D eigenvalue weighted by atomic mass is 9.95. The van der Waals surface area contributed by atoms with E-state index in [4.69, 9.17) is 4.74 Å². The highest BCUT2D eigenvalue weighted by Crippen LogP contribution is 2.31. The van der Waals surface area contributed by atoms with Gasteiger partial charge in [-0.2, -0.15) is 5.10 Å². The molecule has 1 N–H and O–H groups in total. The Bertz CT molecular complexity index is 1830. The molecule has 3 aromatic carbocycles. The average Bonchev–Trinajstić information content (AvgIpc) is 3.66. The summed E-state index contributed by atoms with van der Waals surface area (Å²) < 4.78 is 47.8. The van der Waals surface area contributed by atoms with Crippen molar-refractivity contribution < 1.29 is 17.5 Å². The summed E-state index contributed by atoms with van der Waals surface area (Å²) >= 11 is 0. The first-order valence-corrected chi connectivity index (χ1v) is 15.2. The number of sulfonamides is 1. The molecule has 0 amide bonds. The zero-order valence-corrected chi connectivity index (χ0v) is 24.5. The van der Waals surface area contributed by atoms with E-state index >= 15 is 0 Å². The third kappa shape index (κ3) is 5.28. The molecule has 1 fully saturated rings. The van der Waals surface area contributed by atoms with Crippen LogP contribution in [0.25, 0.3) is 27.8 Å². The number of piperidine rings is 1. The number of methoxy groups -OCH3 is 1. The molecule has 0 bridgehead atoms. The molecule has 0 radical (unpaired) electrons. The van der Waals surface area contributed by atoms with E-state index in [1.54, 1.807) is 48.2 Å².